The van der Waals surface area contributed by atoms with Crippen molar-refractivity contribution >= 4 is 16.8 Å². The maximum Gasteiger partial charge on any atom is 0.251 e. The molecule has 8 nitrogen and oxygen atoms in total. The largest absolute Gasteiger partial charge is 0.484 e. The van der Waals surface area contributed by atoms with Crippen LogP contribution >= 0.6 is 0 Å². The van der Waals surface area contributed by atoms with Crippen molar-refractivity contribution in [2.75, 3.05) is 26.2 Å². The molecule has 0 bridgehead atoms. The Hall–Kier alpha value is -3.10. The lowest BCUT2D eigenvalue weighted by Crippen LogP contribution is -2.43. The minimum absolute atomic E-state index is 0.0242. The smallest absolute Gasteiger partial charge is 0.251 e. The van der Waals surface area contributed by atoms with E-state index in [1.54, 1.807) is 12.1 Å². The van der Waals surface area contributed by atoms with Gasteiger partial charge < -0.3 is 19.5 Å². The second-order valence-electron chi connectivity index (χ2n) is 8.99. The van der Waals surface area contributed by atoms with E-state index >= 15 is 0 Å². The molecule has 0 spiro atoms. The van der Waals surface area contributed by atoms with Crippen molar-refractivity contribution in [3.63, 3.8) is 0 Å². The van der Waals surface area contributed by atoms with Gasteiger partial charge in [-0.05, 0) is 62.7 Å². The summed E-state index contributed by atoms with van der Waals surface area (Å²) in [4.78, 5) is 35.6. The summed E-state index contributed by atoms with van der Waals surface area (Å²) in [5.41, 5.74) is 4.53. The summed E-state index contributed by atoms with van der Waals surface area (Å²) in [7, 11) is 0. The number of hydrogen-bond donors (Lipinski definition) is 1. The van der Waals surface area contributed by atoms with E-state index in [0.717, 1.165) is 66.2 Å². The van der Waals surface area contributed by atoms with Gasteiger partial charge in [-0.3, -0.25) is 19.6 Å². The van der Waals surface area contributed by atoms with Gasteiger partial charge in [-0.25, -0.2) is 0 Å². The summed E-state index contributed by atoms with van der Waals surface area (Å²) in [5, 5.41) is 3.61. The molecular weight excluding hydrogens is 418 g/mol. The molecule has 0 aromatic carbocycles. The maximum atomic E-state index is 12.5. The van der Waals surface area contributed by atoms with Gasteiger partial charge in [0.25, 0.3) is 5.56 Å². The zero-order valence-electron chi connectivity index (χ0n) is 18.9. The van der Waals surface area contributed by atoms with Crippen LogP contribution in [0.2, 0.25) is 0 Å². The van der Waals surface area contributed by atoms with E-state index in [1.165, 1.54) is 0 Å². The minimum Gasteiger partial charge on any atom is -0.484 e. The van der Waals surface area contributed by atoms with Gasteiger partial charge >= 0.3 is 0 Å². The zero-order chi connectivity index (χ0) is 22.8. The van der Waals surface area contributed by atoms with Gasteiger partial charge in [-0.2, -0.15) is 0 Å². The van der Waals surface area contributed by atoms with E-state index in [2.05, 4.69) is 20.2 Å². The van der Waals surface area contributed by atoms with Crippen molar-refractivity contribution < 1.29 is 9.53 Å². The molecule has 8 heteroatoms. The van der Waals surface area contributed by atoms with Gasteiger partial charge in [0.05, 0.1) is 28.8 Å². The number of carbonyl (C=O) groups is 1. The lowest BCUT2D eigenvalue weighted by atomic mass is 10.0. The number of ketones is 1. The number of likely N-dealkylation sites (tertiary alicyclic amines) is 1. The molecule has 0 unspecified atom stereocenters. The third-order valence-electron chi connectivity index (χ3n) is 6.52. The zero-order valence-corrected chi connectivity index (χ0v) is 18.9. The van der Waals surface area contributed by atoms with Crippen molar-refractivity contribution in [3.05, 3.63) is 63.8 Å². The first kappa shape index (κ1) is 21.7. The highest BCUT2D eigenvalue weighted by Gasteiger charge is 2.21. The highest BCUT2D eigenvalue weighted by Crippen LogP contribution is 2.22. The highest BCUT2D eigenvalue weighted by molar-refractivity contribution is 5.84. The van der Waals surface area contributed by atoms with Crippen molar-refractivity contribution in [2.24, 2.45) is 0 Å². The van der Waals surface area contributed by atoms with Crippen LogP contribution in [0.1, 0.15) is 29.8 Å². The molecule has 33 heavy (non-hydrogen) atoms. The monoisotopic (exact) mass is 447 g/mol. The Bertz CT molecular complexity index is 1230. The Morgan fingerprint density at radius 3 is 2.82 bits per heavy atom. The number of aryl methyl sites for hydroxylation is 1. The summed E-state index contributed by atoms with van der Waals surface area (Å²) in [5.74, 6) is 0.799. The van der Waals surface area contributed by atoms with Crippen LogP contribution in [0.15, 0.2) is 41.3 Å². The number of Topliss-reactive ketones (excluding diaryl/α,β-unsaturated/α-hetero) is 1. The van der Waals surface area contributed by atoms with Gasteiger partial charge in [-0.15, -0.1) is 0 Å². The molecule has 2 aliphatic rings. The Kier molecular flexibility index (Phi) is 6.20. The van der Waals surface area contributed by atoms with Gasteiger partial charge in [-0.1, -0.05) is 0 Å². The summed E-state index contributed by atoms with van der Waals surface area (Å²) in [6, 6.07) is 9.76. The molecule has 172 valence electrons. The molecule has 1 N–H and O–H groups in total. The van der Waals surface area contributed by atoms with Gasteiger partial charge in [0, 0.05) is 37.9 Å². The van der Waals surface area contributed by atoms with Crippen LogP contribution in [-0.4, -0.2) is 57.5 Å². The van der Waals surface area contributed by atoms with Crippen molar-refractivity contribution in [3.8, 4) is 5.75 Å². The molecule has 3 aromatic heterocycles. The number of nitrogens with zero attached hydrogens (tertiary/aromatic N) is 4. The lowest BCUT2D eigenvalue weighted by Gasteiger charge is -2.32. The number of fused-ring (bicyclic) bond motifs is 2. The minimum atomic E-state index is 0.0242. The molecule has 0 aliphatic carbocycles. The fourth-order valence-electron chi connectivity index (χ4n) is 4.64. The molecule has 5 heterocycles. The van der Waals surface area contributed by atoms with Gasteiger partial charge in [0.1, 0.15) is 12.4 Å². The molecule has 1 saturated heterocycles. The number of nitrogens with one attached hydrogen (secondary N) is 1. The van der Waals surface area contributed by atoms with Crippen LogP contribution in [0.4, 0.5) is 0 Å². The number of piperidine rings is 1. The Balaban J connectivity index is 1.13. The SMILES string of the molecule is Cc1cnc2ccc(=O)n(CCN3CCC(NCc4ccc5c(n4)CC(=O)CO5)CC3)c2c1. The molecule has 5 rings (SSSR count). The van der Waals surface area contributed by atoms with Crippen molar-refractivity contribution in [1.29, 1.82) is 0 Å². The maximum absolute atomic E-state index is 12.5. The third-order valence-corrected chi connectivity index (χ3v) is 6.52. The first-order chi connectivity index (χ1) is 16.0. The van der Waals surface area contributed by atoms with Crippen LogP contribution < -0.4 is 15.6 Å². The molecule has 2 aliphatic heterocycles. The number of ether oxygens (including phenoxy) is 1. The van der Waals surface area contributed by atoms with Crippen LogP contribution in [-0.2, 0) is 24.3 Å². The number of hydrogen-bond acceptors (Lipinski definition) is 7. The predicted octanol–water partition coefficient (Wildman–Crippen LogP) is 1.86. The molecule has 0 saturated carbocycles. The highest BCUT2D eigenvalue weighted by atomic mass is 16.5. The standard InChI is InChI=1S/C25H29N5O3/c1-17-12-23-21(27-14-17)3-5-25(32)30(23)11-10-29-8-6-18(7-9-29)26-15-19-2-4-24-22(28-19)13-20(31)16-33-24/h2-5,12,14,18,26H,6-11,13,15-16H2,1H3. The number of carbonyl (C=O) groups excluding carboxylic acids is 1. The third kappa shape index (κ3) is 4.96. The van der Waals surface area contributed by atoms with Gasteiger partial charge in [0.2, 0.25) is 0 Å². The average molecular weight is 448 g/mol. The van der Waals surface area contributed by atoms with E-state index in [0.29, 0.717) is 25.6 Å². The molecule has 0 radical (unpaired) electrons. The quantitative estimate of drug-likeness (QED) is 0.617. The van der Waals surface area contributed by atoms with Crippen LogP contribution in [0, 0.1) is 6.92 Å². The van der Waals surface area contributed by atoms with E-state index in [4.69, 9.17) is 4.74 Å². The fraction of sp³-hybridized carbons (Fsp3) is 0.440. The van der Waals surface area contributed by atoms with E-state index in [1.807, 2.05) is 35.9 Å². The Morgan fingerprint density at radius 1 is 1.12 bits per heavy atom. The van der Waals surface area contributed by atoms with Crippen molar-refractivity contribution in [1.82, 2.24) is 24.8 Å². The second-order valence-corrected chi connectivity index (χ2v) is 8.99. The molecule has 3 aromatic rings. The van der Waals surface area contributed by atoms with Crippen LogP contribution in [0.3, 0.4) is 0 Å². The van der Waals surface area contributed by atoms with Crippen molar-refractivity contribution in [2.45, 2.75) is 45.3 Å². The molecule has 0 amide bonds. The number of pyridine rings is 3. The molecular formula is C25H29N5O3. The number of aromatic nitrogens is 3. The van der Waals surface area contributed by atoms with Crippen LogP contribution in [0.5, 0.6) is 5.75 Å². The molecule has 1 fully saturated rings. The predicted molar refractivity (Wildman–Crippen MR) is 125 cm³/mol. The summed E-state index contributed by atoms with van der Waals surface area (Å²) >= 11 is 0. The van der Waals surface area contributed by atoms with Gasteiger partial charge in [0.15, 0.2) is 5.78 Å². The van der Waals surface area contributed by atoms with E-state index in [-0.39, 0.29) is 17.9 Å². The summed E-state index contributed by atoms with van der Waals surface area (Å²) in [6.45, 7) is 6.33. The van der Waals surface area contributed by atoms with E-state index in [9.17, 15) is 9.59 Å². The average Bonchev–Trinajstić information content (AvgIpc) is 2.82. The summed E-state index contributed by atoms with van der Waals surface area (Å²) in [6.07, 6.45) is 4.30. The fourth-order valence-corrected chi connectivity index (χ4v) is 4.64. The first-order valence-corrected chi connectivity index (χ1v) is 11.6. The van der Waals surface area contributed by atoms with Crippen LogP contribution in [0.25, 0.3) is 11.0 Å². The lowest BCUT2D eigenvalue weighted by molar-refractivity contribution is -0.121. The topological polar surface area (TPSA) is 89.4 Å². The normalized spacial score (nSPS) is 17.2. The first-order valence-electron chi connectivity index (χ1n) is 11.6. The second kappa shape index (κ2) is 9.41. The van der Waals surface area contributed by atoms with E-state index < -0.39 is 0 Å². The molecule has 0 atom stereocenters. The Labute approximate surface area is 192 Å². The number of rotatable bonds is 6. The summed E-state index contributed by atoms with van der Waals surface area (Å²) < 4.78 is 7.27. The Morgan fingerprint density at radius 2 is 1.97 bits per heavy atom.